The predicted octanol–water partition coefficient (Wildman–Crippen LogP) is -0.690. The molecule has 0 aromatic carbocycles. The van der Waals surface area contributed by atoms with Gasteiger partial charge in [-0.1, -0.05) is 0 Å². The molecule has 0 fully saturated rings. The first kappa shape index (κ1) is 226. The van der Waals surface area contributed by atoms with Crippen LogP contribution in [0.4, 0.5) is 0 Å². The average Bonchev–Trinajstić information content (AvgIpc) is 3.13. The van der Waals surface area contributed by atoms with Crippen LogP contribution in [-0.2, 0) is 202 Å². The molecule has 24 heteroatoms. The van der Waals surface area contributed by atoms with Crippen molar-refractivity contribution in [2.24, 2.45) is 0 Å². The Hall–Kier alpha value is -0.862. The predicted molar refractivity (Wildman–Crippen MR) is 70.7 cm³/mol. The molecule has 0 radical (unpaired) electrons. The quantitative estimate of drug-likeness (QED) is 0.215. The van der Waals surface area contributed by atoms with Gasteiger partial charge in [-0.05, 0) is 0 Å². The summed E-state index contributed by atoms with van der Waals surface area (Å²) in [5.74, 6) is 0. The first-order valence-corrected chi connectivity index (χ1v) is 3.67. The van der Waals surface area contributed by atoms with Gasteiger partial charge in [-0.25, -0.2) is 0 Å². The Kier molecular flexibility index (Phi) is 445000. The van der Waals surface area contributed by atoms with Gasteiger partial charge >= 0.3 is 203 Å². The van der Waals surface area contributed by atoms with Gasteiger partial charge in [0.25, 0.3) is 0 Å². The molecule has 0 aliphatic carbocycles. The molecule has 0 spiro atoms. The van der Waals surface area contributed by atoms with Crippen LogP contribution in [0.25, 0.3) is 0 Å². The molecule has 228 valence electrons. The molecule has 0 heterocycles. The van der Waals surface area contributed by atoms with Crippen LogP contribution in [-0.4, -0.2) is 0 Å². The monoisotopic (exact) mass is 1660 g/mol. The van der Waals surface area contributed by atoms with Crippen LogP contribution >= 0.6 is 0 Å². The summed E-state index contributed by atoms with van der Waals surface area (Å²) in [5.41, 5.74) is 0. The zero-order valence-corrected chi connectivity index (χ0v) is 33.7. The van der Waals surface area contributed by atoms with Gasteiger partial charge < -0.3 is 0 Å². The standard InChI is InChI=1S/18CO.6Os/c18*1-2;;;;;;. The van der Waals surface area contributed by atoms with E-state index in [0.717, 1.165) is 0 Å². The SMILES string of the molecule is [C-]#[O+].[C-]#[O+].[C-]#[O+].[C-]#[O+].[C-]#[O+].[C-]#[O+].[C-]#[O+].[C-]#[O+].[C-]#[O+].[C-]#[O+].[C-]#[O+].[C-]#[O+].[C-]#[O+].[C-]#[O+].[C-]#[O+].[C-]#[O+].[C-]#[O+].[C-]#[O+].[Os].[Os].[Os].[Os].[Os].[Os]. The summed E-state index contributed by atoms with van der Waals surface area (Å²) in [5, 5.41) is 0. The molecule has 0 N–H and O–H groups in total. The van der Waals surface area contributed by atoms with Crippen molar-refractivity contribution in [3.63, 3.8) is 0 Å². The molecular weight excluding hydrogens is 1650 g/mol. The maximum Gasteiger partial charge on any atom is 0 e. The molecule has 0 aromatic rings. The van der Waals surface area contributed by atoms with E-state index in [-0.39, 0.29) is 119 Å². The normalized spacial score (nSPS) is 0.857. The van der Waals surface area contributed by atoms with Gasteiger partial charge in [-0.15, -0.1) is 0 Å². The van der Waals surface area contributed by atoms with Crippen LogP contribution in [0.1, 0.15) is 0 Å². The van der Waals surface area contributed by atoms with Crippen molar-refractivity contribution in [3.8, 4) is 0 Å². The van der Waals surface area contributed by atoms with Crippen molar-refractivity contribution in [3.05, 3.63) is 120 Å². The van der Waals surface area contributed by atoms with E-state index in [0.29, 0.717) is 0 Å². The maximum atomic E-state index is 7.50. The van der Waals surface area contributed by atoms with Crippen molar-refractivity contribution >= 4 is 0 Å². The van der Waals surface area contributed by atoms with Gasteiger partial charge in [-0.3, -0.25) is 0 Å². The van der Waals surface area contributed by atoms with Crippen LogP contribution < -0.4 is 0 Å². The van der Waals surface area contributed by atoms with E-state index < -0.39 is 0 Å². The minimum Gasteiger partial charge on any atom is 0 e. The Morgan fingerprint density at radius 3 is 0.0952 bits per heavy atom. The molecular formula is C18O18Os6. The van der Waals surface area contributed by atoms with Gasteiger partial charge in [0.15, 0.2) is 0 Å². The van der Waals surface area contributed by atoms with Crippen LogP contribution in [0.2, 0.25) is 0 Å². The van der Waals surface area contributed by atoms with E-state index in [9.17, 15) is 0 Å². The van der Waals surface area contributed by atoms with Crippen molar-refractivity contribution in [2.45, 2.75) is 0 Å². The minimum absolute atomic E-state index is 0. The topological polar surface area (TPSA) is 358 Å². The molecule has 0 atom stereocenters. The summed E-state index contributed by atoms with van der Waals surface area (Å²) >= 11 is 0. The van der Waals surface area contributed by atoms with Crippen molar-refractivity contribution in [1.29, 1.82) is 0 Å². The second-order valence-corrected chi connectivity index (χ2v) is 0. The fourth-order valence-corrected chi connectivity index (χ4v) is 0. The molecule has 0 aliphatic heterocycles. The molecule has 0 amide bonds. The van der Waals surface area contributed by atoms with E-state index >= 15 is 0 Å². The van der Waals surface area contributed by atoms with Gasteiger partial charge in [0.1, 0.15) is 0 Å². The second kappa shape index (κ2) is 82800. The number of hydrogen-bond acceptors (Lipinski definition) is 0. The molecule has 0 rings (SSSR count). The summed E-state index contributed by atoms with van der Waals surface area (Å²) in [6.07, 6.45) is 0. The Morgan fingerprint density at radius 1 is 0.0952 bits per heavy atom. The summed E-state index contributed by atoms with van der Waals surface area (Å²) < 4.78 is 135. The van der Waals surface area contributed by atoms with Crippen LogP contribution in [0, 0.1) is 120 Å². The number of rotatable bonds is 0. The first-order valence-electron chi connectivity index (χ1n) is 3.67. The molecule has 0 saturated heterocycles. The third kappa shape index (κ3) is 76600. The number of hydrogen-bond donors (Lipinski definition) is 0. The van der Waals surface area contributed by atoms with Gasteiger partial charge in [0.2, 0.25) is 0 Å². The maximum absolute atomic E-state index is 7.50. The minimum atomic E-state index is 0. The molecule has 0 aromatic heterocycles. The summed E-state index contributed by atoms with van der Waals surface area (Å²) in [7, 11) is 0. The van der Waals surface area contributed by atoms with Crippen LogP contribution in [0.15, 0.2) is 0 Å². The molecule has 0 aliphatic rings. The van der Waals surface area contributed by atoms with E-state index in [4.69, 9.17) is 83.7 Å². The molecule has 42 heavy (non-hydrogen) atoms. The third-order valence-electron chi connectivity index (χ3n) is 0. The van der Waals surface area contributed by atoms with Gasteiger partial charge in [0.05, 0.1) is 0 Å². The Morgan fingerprint density at radius 2 is 0.0952 bits per heavy atom. The Balaban J connectivity index is -0.00000000368. The molecule has 0 saturated carbocycles. The van der Waals surface area contributed by atoms with E-state index in [2.05, 4.69) is 120 Å². The zero-order chi connectivity index (χ0) is 36.0. The first-order chi connectivity index (χ1) is 18.0. The Bertz CT molecular complexity index is 372. The van der Waals surface area contributed by atoms with Gasteiger partial charge in [0, 0.05) is 119 Å². The zero-order valence-electron chi connectivity index (χ0n) is 18.5. The molecule has 0 bridgehead atoms. The van der Waals surface area contributed by atoms with Crippen molar-refractivity contribution < 1.29 is 202 Å². The van der Waals surface area contributed by atoms with E-state index in [1.165, 1.54) is 0 Å². The third-order valence-corrected chi connectivity index (χ3v) is 0. The molecule has 0 unspecified atom stereocenters. The van der Waals surface area contributed by atoms with E-state index in [1.807, 2.05) is 0 Å². The fraction of sp³-hybridized carbons (Fsp3) is 0. The van der Waals surface area contributed by atoms with Crippen molar-refractivity contribution in [2.75, 3.05) is 0 Å². The molecule has 18 nitrogen and oxygen atoms in total. The average molecular weight is 1650 g/mol. The van der Waals surface area contributed by atoms with Crippen LogP contribution in [0.3, 0.4) is 0 Å². The van der Waals surface area contributed by atoms with E-state index in [1.54, 1.807) is 0 Å². The smallest absolute Gasteiger partial charge is 0 e. The fourth-order valence-electron chi connectivity index (χ4n) is 0. The largest absolute Gasteiger partial charge is 0 e. The van der Waals surface area contributed by atoms with Gasteiger partial charge in [-0.2, -0.15) is 0 Å². The summed E-state index contributed by atoms with van der Waals surface area (Å²) in [6.45, 7) is 81.0. The Labute approximate surface area is 319 Å². The second-order valence-electron chi connectivity index (χ2n) is 0. The summed E-state index contributed by atoms with van der Waals surface area (Å²) in [4.78, 5) is 0. The van der Waals surface area contributed by atoms with Crippen molar-refractivity contribution in [1.82, 2.24) is 0 Å². The van der Waals surface area contributed by atoms with Crippen LogP contribution in [0.5, 0.6) is 0 Å². The summed E-state index contributed by atoms with van der Waals surface area (Å²) in [6, 6.07) is 0.